The molecule has 0 atom stereocenters. The molecule has 0 radical (unpaired) electrons. The summed E-state index contributed by atoms with van der Waals surface area (Å²) in [7, 11) is 1.68. The molecule has 6 heteroatoms. The molecule has 0 spiro atoms. The van der Waals surface area contributed by atoms with Crippen molar-refractivity contribution in [2.24, 2.45) is 11.8 Å². The first-order valence-corrected chi connectivity index (χ1v) is 14.7. The Labute approximate surface area is 234 Å². The molecule has 39 heavy (non-hydrogen) atoms. The molecule has 1 saturated heterocycles. The number of hydrogen-bond donors (Lipinski definition) is 0. The van der Waals surface area contributed by atoms with Gasteiger partial charge in [0.05, 0.1) is 12.6 Å². The number of benzene rings is 1. The van der Waals surface area contributed by atoms with Gasteiger partial charge in [-0.25, -0.2) is 4.52 Å². The Morgan fingerprint density at radius 1 is 1.00 bits per heavy atom. The molecule has 0 saturated carbocycles. The van der Waals surface area contributed by atoms with Crippen LogP contribution >= 0.6 is 0 Å². The van der Waals surface area contributed by atoms with E-state index >= 15 is 0 Å². The van der Waals surface area contributed by atoms with E-state index in [0.29, 0.717) is 11.8 Å². The van der Waals surface area contributed by atoms with Gasteiger partial charge in [-0.05, 0) is 87.0 Å². The van der Waals surface area contributed by atoms with Crippen LogP contribution in [0.4, 0.5) is 0 Å². The van der Waals surface area contributed by atoms with Crippen LogP contribution in [0.3, 0.4) is 0 Å². The fourth-order valence-corrected chi connectivity index (χ4v) is 5.11. The predicted octanol–water partition coefficient (Wildman–Crippen LogP) is 7.04. The Balaban J connectivity index is 1.69. The van der Waals surface area contributed by atoms with Crippen LogP contribution in [0, 0.1) is 11.8 Å². The molecule has 1 amide bonds. The molecule has 0 bridgehead atoms. The second-order valence-electron chi connectivity index (χ2n) is 11.7. The van der Waals surface area contributed by atoms with Gasteiger partial charge in [-0.15, -0.1) is 0 Å². The zero-order valence-corrected chi connectivity index (χ0v) is 24.5. The average molecular weight is 531 g/mol. The molecular weight excluding hydrogens is 484 g/mol. The van der Waals surface area contributed by atoms with Crippen molar-refractivity contribution in [3.05, 3.63) is 59.8 Å². The lowest BCUT2D eigenvalue weighted by molar-refractivity contribution is 0.0741. The first-order chi connectivity index (χ1) is 18.9. The molecule has 1 aliphatic rings. The Hall–Kier alpha value is -3.12. The Morgan fingerprint density at radius 3 is 2.28 bits per heavy atom. The van der Waals surface area contributed by atoms with Gasteiger partial charge < -0.3 is 9.64 Å². The minimum atomic E-state index is 0.106. The van der Waals surface area contributed by atoms with Crippen LogP contribution in [0.2, 0.25) is 0 Å². The van der Waals surface area contributed by atoms with Crippen molar-refractivity contribution in [3.63, 3.8) is 0 Å². The number of ether oxygens (including phenoxy) is 1. The largest absolute Gasteiger partial charge is 0.497 e. The fourth-order valence-electron chi connectivity index (χ4n) is 5.11. The number of methoxy groups -OCH3 is 1. The Morgan fingerprint density at radius 2 is 1.67 bits per heavy atom. The van der Waals surface area contributed by atoms with Crippen molar-refractivity contribution in [2.75, 3.05) is 39.8 Å². The predicted molar refractivity (Wildman–Crippen MR) is 161 cm³/mol. The molecule has 6 nitrogen and oxygen atoms in total. The van der Waals surface area contributed by atoms with E-state index in [4.69, 9.17) is 9.84 Å². The van der Waals surface area contributed by atoms with E-state index in [2.05, 4.69) is 44.7 Å². The lowest BCUT2D eigenvalue weighted by Crippen LogP contribution is -2.34. The van der Waals surface area contributed by atoms with Gasteiger partial charge in [0.25, 0.3) is 5.91 Å². The number of rotatable bonds is 12. The summed E-state index contributed by atoms with van der Waals surface area (Å²) < 4.78 is 7.28. The van der Waals surface area contributed by atoms with Gasteiger partial charge in [0.1, 0.15) is 11.4 Å². The fraction of sp³-hybridized carbons (Fsp3) is 0.515. The van der Waals surface area contributed by atoms with Gasteiger partial charge >= 0.3 is 0 Å². The van der Waals surface area contributed by atoms with E-state index in [0.717, 1.165) is 79.2 Å². The van der Waals surface area contributed by atoms with Gasteiger partial charge in [-0.3, -0.25) is 9.69 Å². The minimum Gasteiger partial charge on any atom is -0.497 e. The third-order valence-corrected chi connectivity index (χ3v) is 7.62. The van der Waals surface area contributed by atoms with Gasteiger partial charge in [-0.2, -0.15) is 5.10 Å². The number of nitrogens with zero attached hydrogens (tertiary/aromatic N) is 4. The van der Waals surface area contributed by atoms with Crippen molar-refractivity contribution in [1.29, 1.82) is 0 Å². The summed E-state index contributed by atoms with van der Waals surface area (Å²) in [6.07, 6.45) is 12.3. The molecular formula is C33H46N4O2. The maximum absolute atomic E-state index is 13.8. The molecule has 3 aromatic rings. The number of fused-ring (bicyclic) bond motifs is 1. The summed E-state index contributed by atoms with van der Waals surface area (Å²) in [4.78, 5) is 18.3. The third kappa shape index (κ3) is 7.72. The number of carbonyl (C=O) groups is 1. The zero-order valence-electron chi connectivity index (χ0n) is 24.5. The summed E-state index contributed by atoms with van der Waals surface area (Å²) >= 11 is 0. The van der Waals surface area contributed by atoms with Crippen molar-refractivity contribution in [2.45, 2.75) is 59.8 Å². The smallest absolute Gasteiger partial charge is 0.253 e. The molecule has 0 aliphatic carbocycles. The molecule has 210 valence electrons. The number of likely N-dealkylation sites (tertiary alicyclic amines) is 1. The second-order valence-corrected chi connectivity index (χ2v) is 11.7. The van der Waals surface area contributed by atoms with Crippen LogP contribution in [0.5, 0.6) is 5.75 Å². The maximum atomic E-state index is 13.8. The van der Waals surface area contributed by atoms with Crippen LogP contribution in [0.1, 0.15) is 75.7 Å². The molecule has 2 aromatic heterocycles. The van der Waals surface area contributed by atoms with Gasteiger partial charge in [0.15, 0.2) is 0 Å². The molecule has 3 heterocycles. The van der Waals surface area contributed by atoms with Crippen LogP contribution in [-0.2, 0) is 0 Å². The monoisotopic (exact) mass is 530 g/mol. The lowest BCUT2D eigenvalue weighted by atomic mass is 10.0. The van der Waals surface area contributed by atoms with Crippen LogP contribution in [0.15, 0.2) is 48.7 Å². The number of aromatic nitrogens is 2. The highest BCUT2D eigenvalue weighted by molar-refractivity contribution is 5.96. The van der Waals surface area contributed by atoms with Gasteiger partial charge in [-0.1, -0.05) is 46.3 Å². The number of hydrogen-bond acceptors (Lipinski definition) is 4. The Kier molecular flexibility index (Phi) is 10.2. The number of pyridine rings is 1. The summed E-state index contributed by atoms with van der Waals surface area (Å²) in [5.41, 5.74) is 4.66. The van der Waals surface area contributed by atoms with Crippen molar-refractivity contribution < 1.29 is 9.53 Å². The summed E-state index contributed by atoms with van der Waals surface area (Å²) in [5.74, 6) is 2.04. The molecule has 1 aromatic carbocycles. The van der Waals surface area contributed by atoms with Crippen LogP contribution in [0.25, 0.3) is 22.9 Å². The third-order valence-electron chi connectivity index (χ3n) is 7.62. The standard InChI is InChI=1S/C33H46N4O2/c1-25(2)15-21-36(22-16-26(3)4)33(38)28-17-23-37-31(24-28)30(10-9-20-35-18-7-6-8-19-35)32(34-37)27-11-13-29(39-5)14-12-27/h9-14,17,23-26H,6-8,15-16,18-22H2,1-5H3. The summed E-state index contributed by atoms with van der Waals surface area (Å²) in [6.45, 7) is 13.7. The topological polar surface area (TPSA) is 50.1 Å². The van der Waals surface area contributed by atoms with Crippen LogP contribution < -0.4 is 4.74 Å². The van der Waals surface area contributed by atoms with Gasteiger partial charge in [0.2, 0.25) is 0 Å². The SMILES string of the molecule is COc1ccc(-c2nn3ccc(C(=O)N(CCC(C)C)CCC(C)C)cc3c2C=CCN2CCCCC2)cc1. The number of carbonyl (C=O) groups excluding carboxylic acids is 1. The van der Waals surface area contributed by atoms with E-state index in [1.54, 1.807) is 7.11 Å². The molecule has 1 aliphatic heterocycles. The molecule has 4 rings (SSSR count). The molecule has 1 fully saturated rings. The number of amides is 1. The molecule has 0 unspecified atom stereocenters. The first-order valence-electron chi connectivity index (χ1n) is 14.7. The van der Waals surface area contributed by atoms with E-state index < -0.39 is 0 Å². The first kappa shape index (κ1) is 28.9. The zero-order chi connectivity index (χ0) is 27.8. The summed E-state index contributed by atoms with van der Waals surface area (Å²) in [6, 6.07) is 12.0. The van der Waals surface area contributed by atoms with E-state index in [1.165, 1.54) is 19.3 Å². The normalized spacial score (nSPS) is 14.6. The Bertz CT molecular complexity index is 1220. The van der Waals surface area contributed by atoms with Crippen molar-refractivity contribution in [1.82, 2.24) is 19.4 Å². The number of piperidine rings is 1. The van der Waals surface area contributed by atoms with Crippen LogP contribution in [-0.4, -0.2) is 65.2 Å². The molecule has 0 N–H and O–H groups in total. The summed E-state index contributed by atoms with van der Waals surface area (Å²) in [5, 5.41) is 4.95. The quantitative estimate of drug-likeness (QED) is 0.252. The average Bonchev–Trinajstić information content (AvgIpc) is 3.30. The highest BCUT2D eigenvalue weighted by atomic mass is 16.5. The lowest BCUT2D eigenvalue weighted by Gasteiger charge is -2.25. The second kappa shape index (κ2) is 13.8. The van der Waals surface area contributed by atoms with Crippen molar-refractivity contribution in [3.8, 4) is 17.0 Å². The van der Waals surface area contributed by atoms with E-state index in [9.17, 15) is 4.79 Å². The highest BCUT2D eigenvalue weighted by Gasteiger charge is 2.20. The maximum Gasteiger partial charge on any atom is 0.253 e. The van der Waals surface area contributed by atoms with E-state index in [1.807, 2.05) is 52.0 Å². The van der Waals surface area contributed by atoms with Crippen molar-refractivity contribution >= 4 is 17.5 Å². The highest BCUT2D eigenvalue weighted by Crippen LogP contribution is 2.30. The van der Waals surface area contributed by atoms with Gasteiger partial charge in [0, 0.05) is 42.5 Å². The van der Waals surface area contributed by atoms with E-state index in [-0.39, 0.29) is 5.91 Å². The minimum absolute atomic E-state index is 0.106.